The number of thiazole rings is 1. The molecule has 2 aromatic heterocycles. The molecule has 0 N–H and O–H groups in total. The molecule has 0 radical (unpaired) electrons. The Labute approximate surface area is 181 Å². The Kier molecular flexibility index (Phi) is 6.61. The van der Waals surface area contributed by atoms with Crippen LogP contribution in [0.1, 0.15) is 48.1 Å². The fourth-order valence-corrected chi connectivity index (χ4v) is 4.58. The van der Waals surface area contributed by atoms with Crippen molar-refractivity contribution in [2.75, 3.05) is 32.1 Å². The van der Waals surface area contributed by atoms with E-state index in [4.69, 9.17) is 16.6 Å². The molecule has 8 heteroatoms. The number of benzene rings is 1. The third-order valence-corrected chi connectivity index (χ3v) is 6.25. The van der Waals surface area contributed by atoms with Gasteiger partial charge in [-0.2, -0.15) is 5.10 Å². The van der Waals surface area contributed by atoms with E-state index in [1.807, 2.05) is 60.0 Å². The van der Waals surface area contributed by atoms with Crippen molar-refractivity contribution in [1.29, 1.82) is 0 Å². The summed E-state index contributed by atoms with van der Waals surface area (Å²) < 4.78 is 2.71. The minimum Gasteiger partial charge on any atom is -0.309 e. The number of hydrogen-bond acceptors (Lipinski definition) is 5. The van der Waals surface area contributed by atoms with Crippen LogP contribution in [0.2, 0.25) is 5.02 Å². The Balaban J connectivity index is 2.04. The molecule has 0 unspecified atom stereocenters. The number of fused-ring (bicyclic) bond motifs is 1. The van der Waals surface area contributed by atoms with Crippen molar-refractivity contribution < 1.29 is 4.79 Å². The van der Waals surface area contributed by atoms with Crippen LogP contribution in [-0.2, 0) is 0 Å². The SMILES string of the molecule is Cc1cc(C(=O)N(CCCN(C)C)c2nc3c(C)ccc(Cl)c3s2)n(C(C)C)n1. The van der Waals surface area contributed by atoms with E-state index in [2.05, 4.69) is 10.00 Å². The summed E-state index contributed by atoms with van der Waals surface area (Å²) in [7, 11) is 4.06. The van der Waals surface area contributed by atoms with Crippen LogP contribution in [0.4, 0.5) is 5.13 Å². The van der Waals surface area contributed by atoms with Crippen LogP contribution in [0.15, 0.2) is 18.2 Å². The second-order valence-corrected chi connectivity index (χ2v) is 9.25. The molecule has 0 aliphatic heterocycles. The van der Waals surface area contributed by atoms with Crippen molar-refractivity contribution in [1.82, 2.24) is 19.7 Å². The average Bonchev–Trinajstić information content (AvgIpc) is 3.26. The normalized spacial score (nSPS) is 11.8. The lowest BCUT2D eigenvalue weighted by Crippen LogP contribution is -2.35. The lowest BCUT2D eigenvalue weighted by molar-refractivity contribution is 0.0974. The molecule has 0 aliphatic rings. The van der Waals surface area contributed by atoms with E-state index >= 15 is 0 Å². The Morgan fingerprint density at radius 2 is 1.97 bits per heavy atom. The first kappa shape index (κ1) is 21.7. The summed E-state index contributed by atoms with van der Waals surface area (Å²) in [6, 6.07) is 5.80. The molecule has 6 nitrogen and oxygen atoms in total. The van der Waals surface area contributed by atoms with Crippen molar-refractivity contribution in [3.8, 4) is 0 Å². The first-order valence-electron chi connectivity index (χ1n) is 9.77. The number of aryl methyl sites for hydroxylation is 2. The van der Waals surface area contributed by atoms with Gasteiger partial charge in [0.15, 0.2) is 5.13 Å². The molecule has 0 saturated heterocycles. The highest BCUT2D eigenvalue weighted by Crippen LogP contribution is 2.36. The molecule has 2 heterocycles. The van der Waals surface area contributed by atoms with E-state index in [1.165, 1.54) is 11.3 Å². The fourth-order valence-electron chi connectivity index (χ4n) is 3.24. The molecule has 0 aliphatic carbocycles. The quantitative estimate of drug-likeness (QED) is 0.529. The topological polar surface area (TPSA) is 54.3 Å². The van der Waals surface area contributed by atoms with Crippen LogP contribution in [0.5, 0.6) is 0 Å². The molecule has 3 aromatic rings. The smallest absolute Gasteiger partial charge is 0.278 e. The van der Waals surface area contributed by atoms with Crippen LogP contribution in [0.25, 0.3) is 10.2 Å². The van der Waals surface area contributed by atoms with Crippen molar-refractivity contribution in [2.24, 2.45) is 0 Å². The highest BCUT2D eigenvalue weighted by Gasteiger charge is 2.26. The summed E-state index contributed by atoms with van der Waals surface area (Å²) in [6.45, 7) is 9.44. The zero-order valence-corrected chi connectivity index (χ0v) is 19.4. The van der Waals surface area contributed by atoms with E-state index in [0.717, 1.165) is 34.4 Å². The second-order valence-electron chi connectivity index (χ2n) is 7.86. The Morgan fingerprint density at radius 1 is 1.24 bits per heavy atom. The molecule has 3 rings (SSSR count). The van der Waals surface area contributed by atoms with Gasteiger partial charge < -0.3 is 4.90 Å². The van der Waals surface area contributed by atoms with Gasteiger partial charge in [-0.1, -0.05) is 29.0 Å². The molecule has 0 saturated carbocycles. The maximum Gasteiger partial charge on any atom is 0.278 e. The fraction of sp³-hybridized carbons (Fsp3) is 0.476. The Morgan fingerprint density at radius 3 is 2.59 bits per heavy atom. The van der Waals surface area contributed by atoms with Gasteiger partial charge >= 0.3 is 0 Å². The van der Waals surface area contributed by atoms with E-state index in [1.54, 1.807) is 9.58 Å². The number of carbonyl (C=O) groups is 1. The molecule has 1 aromatic carbocycles. The van der Waals surface area contributed by atoms with Crippen LogP contribution in [-0.4, -0.2) is 52.8 Å². The molecule has 0 spiro atoms. The van der Waals surface area contributed by atoms with E-state index in [9.17, 15) is 4.79 Å². The third-order valence-electron chi connectivity index (χ3n) is 4.72. The minimum atomic E-state index is -0.0779. The zero-order valence-electron chi connectivity index (χ0n) is 17.9. The zero-order chi connectivity index (χ0) is 21.3. The van der Waals surface area contributed by atoms with Gasteiger partial charge in [0.1, 0.15) is 5.69 Å². The number of aromatic nitrogens is 3. The molecular formula is C21H28ClN5OS. The van der Waals surface area contributed by atoms with E-state index < -0.39 is 0 Å². The number of nitrogens with zero attached hydrogens (tertiary/aromatic N) is 5. The monoisotopic (exact) mass is 433 g/mol. The van der Waals surface area contributed by atoms with Gasteiger partial charge in [0.25, 0.3) is 5.91 Å². The summed E-state index contributed by atoms with van der Waals surface area (Å²) >= 11 is 7.87. The number of amides is 1. The second kappa shape index (κ2) is 8.81. The summed E-state index contributed by atoms with van der Waals surface area (Å²) in [5, 5.41) is 5.85. The number of anilines is 1. The van der Waals surface area contributed by atoms with Gasteiger partial charge in [0.2, 0.25) is 0 Å². The highest BCUT2D eigenvalue weighted by molar-refractivity contribution is 7.23. The molecule has 0 bridgehead atoms. The lowest BCUT2D eigenvalue weighted by Gasteiger charge is -2.22. The van der Waals surface area contributed by atoms with Crippen molar-refractivity contribution >= 4 is 44.2 Å². The maximum absolute atomic E-state index is 13.6. The predicted octanol–water partition coefficient (Wildman–Crippen LogP) is 4.94. The molecular weight excluding hydrogens is 406 g/mol. The van der Waals surface area contributed by atoms with Gasteiger partial charge in [0, 0.05) is 12.6 Å². The number of hydrogen-bond donors (Lipinski definition) is 0. The van der Waals surface area contributed by atoms with Crippen LogP contribution >= 0.6 is 22.9 Å². The summed E-state index contributed by atoms with van der Waals surface area (Å²) in [4.78, 5) is 22.3. The summed E-state index contributed by atoms with van der Waals surface area (Å²) in [6.07, 6.45) is 0.843. The number of carbonyl (C=O) groups excluding carboxylic acids is 1. The molecule has 29 heavy (non-hydrogen) atoms. The first-order chi connectivity index (χ1) is 13.7. The molecule has 0 atom stereocenters. The largest absolute Gasteiger partial charge is 0.309 e. The molecule has 1 amide bonds. The Hall–Kier alpha value is -1.96. The minimum absolute atomic E-state index is 0.0779. The number of halogens is 1. The number of rotatable bonds is 7. The summed E-state index contributed by atoms with van der Waals surface area (Å²) in [5.74, 6) is -0.0779. The maximum atomic E-state index is 13.6. The lowest BCUT2D eigenvalue weighted by atomic mass is 10.2. The van der Waals surface area contributed by atoms with E-state index in [-0.39, 0.29) is 11.9 Å². The summed E-state index contributed by atoms with van der Waals surface area (Å²) in [5.41, 5.74) is 3.33. The predicted molar refractivity (Wildman–Crippen MR) is 122 cm³/mol. The van der Waals surface area contributed by atoms with Crippen molar-refractivity contribution in [2.45, 2.75) is 40.2 Å². The standard InChI is InChI=1S/C21H28ClN5OS/c1-13(2)27-17(12-15(4)24-27)20(28)26(11-7-10-25(5)6)21-23-18-14(3)8-9-16(22)19(18)29-21/h8-9,12-13H,7,10-11H2,1-6H3. The van der Waals surface area contributed by atoms with Crippen molar-refractivity contribution in [3.05, 3.63) is 40.2 Å². The van der Waals surface area contributed by atoms with Gasteiger partial charge in [0.05, 0.1) is 20.9 Å². The van der Waals surface area contributed by atoms with Crippen LogP contribution in [0, 0.1) is 13.8 Å². The average molecular weight is 434 g/mol. The van der Waals surface area contributed by atoms with Crippen molar-refractivity contribution in [3.63, 3.8) is 0 Å². The van der Waals surface area contributed by atoms with Crippen LogP contribution in [0.3, 0.4) is 0 Å². The third kappa shape index (κ3) is 4.63. The van der Waals surface area contributed by atoms with E-state index in [0.29, 0.717) is 22.4 Å². The van der Waals surface area contributed by atoms with Gasteiger partial charge in [-0.3, -0.25) is 14.4 Å². The van der Waals surface area contributed by atoms with Gasteiger partial charge in [-0.25, -0.2) is 4.98 Å². The van der Waals surface area contributed by atoms with Gasteiger partial charge in [-0.05, 0) is 72.5 Å². The molecule has 156 valence electrons. The Bertz CT molecular complexity index is 985. The highest BCUT2D eigenvalue weighted by atomic mass is 35.5. The van der Waals surface area contributed by atoms with Gasteiger partial charge in [-0.15, -0.1) is 0 Å². The van der Waals surface area contributed by atoms with Crippen LogP contribution < -0.4 is 4.90 Å². The molecule has 0 fully saturated rings. The first-order valence-corrected chi connectivity index (χ1v) is 11.0.